The van der Waals surface area contributed by atoms with Crippen LogP contribution in [0.3, 0.4) is 0 Å². The number of ether oxygens (including phenoxy) is 2. The smallest absolute Gasteiger partial charge is 0.125 e. The molecule has 2 aromatic carbocycles. The maximum absolute atomic E-state index is 13.3. The molecule has 0 fully saturated rings. The van der Waals surface area contributed by atoms with Gasteiger partial charge in [0.05, 0.1) is 7.11 Å². The molecule has 0 amide bonds. The Labute approximate surface area is 118 Å². The van der Waals surface area contributed by atoms with Crippen molar-refractivity contribution in [1.82, 2.24) is 5.32 Å². The number of benzene rings is 2. The third kappa shape index (κ3) is 3.48. The fraction of sp³-hybridized carbons (Fsp3) is 0.250. The van der Waals surface area contributed by atoms with Crippen LogP contribution in [-0.2, 0) is 13.2 Å². The molecule has 0 aliphatic carbocycles. The summed E-state index contributed by atoms with van der Waals surface area (Å²) in [5.74, 6) is 1.11. The van der Waals surface area contributed by atoms with Crippen LogP contribution in [0.5, 0.6) is 11.5 Å². The molecule has 0 aliphatic rings. The van der Waals surface area contributed by atoms with E-state index in [1.165, 1.54) is 12.1 Å². The van der Waals surface area contributed by atoms with Crippen molar-refractivity contribution in [2.75, 3.05) is 14.2 Å². The average molecular weight is 275 g/mol. The number of hydrogen-bond donors (Lipinski definition) is 1. The normalized spacial score (nSPS) is 10.3. The first-order valence-electron chi connectivity index (χ1n) is 6.42. The molecule has 2 rings (SSSR count). The summed E-state index contributed by atoms with van der Waals surface area (Å²) in [6.45, 7) is 0.984. The first-order chi connectivity index (χ1) is 9.74. The van der Waals surface area contributed by atoms with Gasteiger partial charge < -0.3 is 14.8 Å². The van der Waals surface area contributed by atoms with E-state index in [1.54, 1.807) is 13.2 Å². The van der Waals surface area contributed by atoms with Gasteiger partial charge in [-0.05, 0) is 31.3 Å². The molecule has 0 saturated carbocycles. The van der Waals surface area contributed by atoms with E-state index in [2.05, 4.69) is 5.32 Å². The number of nitrogens with one attached hydrogen (secondary N) is 1. The number of methoxy groups -OCH3 is 1. The van der Waals surface area contributed by atoms with Crippen molar-refractivity contribution in [3.05, 3.63) is 59.4 Å². The predicted molar refractivity (Wildman–Crippen MR) is 76.5 cm³/mol. The Balaban J connectivity index is 2.14. The van der Waals surface area contributed by atoms with Gasteiger partial charge in [0.1, 0.15) is 23.9 Å². The topological polar surface area (TPSA) is 30.5 Å². The van der Waals surface area contributed by atoms with Gasteiger partial charge in [0.2, 0.25) is 0 Å². The van der Waals surface area contributed by atoms with Crippen LogP contribution < -0.4 is 14.8 Å². The summed E-state index contributed by atoms with van der Waals surface area (Å²) in [5.41, 5.74) is 1.75. The molecule has 0 radical (unpaired) electrons. The molecule has 0 aromatic heterocycles. The fourth-order valence-corrected chi connectivity index (χ4v) is 2.00. The Morgan fingerprint density at radius 2 is 1.85 bits per heavy atom. The lowest BCUT2D eigenvalue weighted by Gasteiger charge is -2.13. The van der Waals surface area contributed by atoms with Crippen LogP contribution in [0.25, 0.3) is 0 Å². The molecular weight excluding hydrogens is 257 g/mol. The molecule has 0 aliphatic heterocycles. The minimum Gasteiger partial charge on any atom is -0.496 e. The highest BCUT2D eigenvalue weighted by molar-refractivity contribution is 5.36. The Morgan fingerprint density at radius 1 is 1.05 bits per heavy atom. The molecule has 0 heterocycles. The molecule has 0 bridgehead atoms. The van der Waals surface area contributed by atoms with Crippen molar-refractivity contribution >= 4 is 0 Å². The van der Waals surface area contributed by atoms with E-state index >= 15 is 0 Å². The minimum atomic E-state index is -0.298. The van der Waals surface area contributed by atoms with Crippen molar-refractivity contribution in [2.45, 2.75) is 13.2 Å². The lowest BCUT2D eigenvalue weighted by atomic mass is 10.2. The Morgan fingerprint density at radius 3 is 2.60 bits per heavy atom. The van der Waals surface area contributed by atoms with Gasteiger partial charge in [-0.15, -0.1) is 0 Å². The van der Waals surface area contributed by atoms with Crippen LogP contribution in [-0.4, -0.2) is 14.2 Å². The Kier molecular flexibility index (Phi) is 4.96. The van der Waals surface area contributed by atoms with Gasteiger partial charge in [-0.3, -0.25) is 0 Å². The lowest BCUT2D eigenvalue weighted by Crippen LogP contribution is -2.07. The summed E-state index contributed by atoms with van der Waals surface area (Å²) in [6, 6.07) is 12.2. The Hall–Kier alpha value is -2.07. The molecule has 106 valence electrons. The maximum Gasteiger partial charge on any atom is 0.125 e. The summed E-state index contributed by atoms with van der Waals surface area (Å²) < 4.78 is 24.3. The van der Waals surface area contributed by atoms with Gasteiger partial charge in [-0.1, -0.05) is 18.2 Å². The van der Waals surface area contributed by atoms with Crippen LogP contribution in [0.4, 0.5) is 4.39 Å². The van der Waals surface area contributed by atoms with Crippen molar-refractivity contribution in [3.8, 4) is 11.5 Å². The molecule has 2 aromatic rings. The SMILES string of the molecule is CNCc1ccccc1OCc1cc(F)ccc1OC. The van der Waals surface area contributed by atoms with Gasteiger partial charge in [0.25, 0.3) is 0 Å². The van der Waals surface area contributed by atoms with E-state index in [-0.39, 0.29) is 12.4 Å². The van der Waals surface area contributed by atoms with Gasteiger partial charge in [-0.2, -0.15) is 0 Å². The molecule has 0 spiro atoms. The van der Waals surface area contributed by atoms with Crippen LogP contribution in [0, 0.1) is 5.82 Å². The van der Waals surface area contributed by atoms with E-state index < -0.39 is 0 Å². The number of para-hydroxylation sites is 1. The zero-order valence-electron chi connectivity index (χ0n) is 11.7. The lowest BCUT2D eigenvalue weighted by molar-refractivity contribution is 0.292. The van der Waals surface area contributed by atoms with Gasteiger partial charge >= 0.3 is 0 Å². The standard InChI is InChI=1S/C16H18FNO2/c1-18-10-12-5-3-4-6-16(12)20-11-13-9-14(17)7-8-15(13)19-2/h3-9,18H,10-11H2,1-2H3. The molecule has 3 nitrogen and oxygen atoms in total. The van der Waals surface area contributed by atoms with Crippen molar-refractivity contribution in [3.63, 3.8) is 0 Å². The van der Waals surface area contributed by atoms with E-state index in [1.807, 2.05) is 31.3 Å². The monoisotopic (exact) mass is 275 g/mol. The van der Waals surface area contributed by atoms with Crippen LogP contribution >= 0.6 is 0 Å². The molecule has 1 N–H and O–H groups in total. The maximum atomic E-state index is 13.3. The van der Waals surface area contributed by atoms with Crippen molar-refractivity contribution in [2.24, 2.45) is 0 Å². The molecule has 0 saturated heterocycles. The second-order valence-electron chi connectivity index (χ2n) is 4.38. The highest BCUT2D eigenvalue weighted by atomic mass is 19.1. The highest BCUT2D eigenvalue weighted by Crippen LogP contribution is 2.23. The quantitative estimate of drug-likeness (QED) is 0.878. The van der Waals surface area contributed by atoms with Crippen LogP contribution in [0.2, 0.25) is 0 Å². The van der Waals surface area contributed by atoms with E-state index in [0.29, 0.717) is 11.3 Å². The van der Waals surface area contributed by atoms with Gasteiger partial charge in [0.15, 0.2) is 0 Å². The number of halogens is 1. The predicted octanol–water partition coefficient (Wildman–Crippen LogP) is 3.13. The van der Waals surface area contributed by atoms with Gasteiger partial charge in [-0.25, -0.2) is 4.39 Å². The number of rotatable bonds is 6. The molecule has 0 unspecified atom stereocenters. The summed E-state index contributed by atoms with van der Waals surface area (Å²) in [5, 5.41) is 3.09. The zero-order chi connectivity index (χ0) is 14.4. The van der Waals surface area contributed by atoms with Crippen LogP contribution in [0.15, 0.2) is 42.5 Å². The molecule has 4 heteroatoms. The second kappa shape index (κ2) is 6.91. The molecule has 20 heavy (non-hydrogen) atoms. The third-order valence-corrected chi connectivity index (χ3v) is 2.97. The number of hydrogen-bond acceptors (Lipinski definition) is 3. The largest absolute Gasteiger partial charge is 0.496 e. The summed E-state index contributed by atoms with van der Waals surface area (Å²) in [4.78, 5) is 0. The second-order valence-corrected chi connectivity index (χ2v) is 4.38. The summed E-state index contributed by atoms with van der Waals surface area (Å²) >= 11 is 0. The van der Waals surface area contributed by atoms with E-state index in [0.717, 1.165) is 17.9 Å². The van der Waals surface area contributed by atoms with Gasteiger partial charge in [0, 0.05) is 17.7 Å². The highest BCUT2D eigenvalue weighted by Gasteiger charge is 2.07. The van der Waals surface area contributed by atoms with E-state index in [4.69, 9.17) is 9.47 Å². The first-order valence-corrected chi connectivity index (χ1v) is 6.42. The molecule has 0 atom stereocenters. The first kappa shape index (κ1) is 14.3. The fourth-order valence-electron chi connectivity index (χ4n) is 2.00. The minimum absolute atomic E-state index is 0.266. The molecular formula is C16H18FNO2. The third-order valence-electron chi connectivity index (χ3n) is 2.97. The summed E-state index contributed by atoms with van der Waals surface area (Å²) in [7, 11) is 3.44. The van der Waals surface area contributed by atoms with Crippen molar-refractivity contribution < 1.29 is 13.9 Å². The summed E-state index contributed by atoms with van der Waals surface area (Å²) in [6.07, 6.45) is 0. The Bertz CT molecular complexity index is 572. The van der Waals surface area contributed by atoms with Crippen molar-refractivity contribution in [1.29, 1.82) is 0 Å². The zero-order valence-corrected chi connectivity index (χ0v) is 11.7. The average Bonchev–Trinajstić information content (AvgIpc) is 2.47. The van der Waals surface area contributed by atoms with Crippen LogP contribution in [0.1, 0.15) is 11.1 Å². The van der Waals surface area contributed by atoms with E-state index in [9.17, 15) is 4.39 Å².